The molecule has 0 aliphatic rings. The summed E-state index contributed by atoms with van der Waals surface area (Å²) >= 11 is 0. The van der Waals surface area contributed by atoms with Crippen LogP contribution in [0.2, 0.25) is 0 Å². The van der Waals surface area contributed by atoms with Crippen molar-refractivity contribution in [3.63, 3.8) is 0 Å². The Kier molecular flexibility index (Phi) is 3.69. The molecule has 1 aromatic heterocycles. The van der Waals surface area contributed by atoms with Gasteiger partial charge in [0.1, 0.15) is 17.6 Å². The van der Waals surface area contributed by atoms with Crippen LogP contribution in [0.4, 0.5) is 0 Å². The van der Waals surface area contributed by atoms with Crippen LogP contribution < -0.4 is 0 Å². The molecule has 0 saturated heterocycles. The molecule has 3 nitrogen and oxygen atoms in total. The van der Waals surface area contributed by atoms with Crippen molar-refractivity contribution in [1.82, 2.24) is 9.97 Å². The van der Waals surface area contributed by atoms with Crippen LogP contribution in [0.5, 0.6) is 0 Å². The van der Waals surface area contributed by atoms with Gasteiger partial charge in [-0.15, -0.1) is 0 Å². The first-order valence-corrected chi connectivity index (χ1v) is 6.08. The first-order chi connectivity index (χ1) is 8.72. The Morgan fingerprint density at radius 3 is 2.50 bits per heavy atom. The normalized spacial score (nSPS) is 10.1. The molecule has 0 aliphatic heterocycles. The lowest BCUT2D eigenvalue weighted by atomic mass is 10.1. The molecule has 18 heavy (non-hydrogen) atoms. The third-order valence-electron chi connectivity index (χ3n) is 2.74. The zero-order chi connectivity index (χ0) is 13.0. The largest absolute Gasteiger partial charge is 0.233 e. The van der Waals surface area contributed by atoms with Crippen molar-refractivity contribution in [1.29, 1.82) is 5.26 Å². The Labute approximate surface area is 107 Å². The van der Waals surface area contributed by atoms with Crippen LogP contribution >= 0.6 is 0 Å². The standard InChI is InChI=1S/C15H15N3/c1-3-4-12-5-7-13(8-6-12)15-9-14(10-16)17-11(2)18-15/h5-9H,3-4H2,1-2H3. The molecular weight excluding hydrogens is 222 g/mol. The number of rotatable bonds is 3. The van der Waals surface area contributed by atoms with Gasteiger partial charge in [0.05, 0.1) is 5.69 Å². The minimum Gasteiger partial charge on any atom is -0.233 e. The van der Waals surface area contributed by atoms with Crippen LogP contribution in [0.1, 0.15) is 30.4 Å². The molecule has 0 amide bonds. The highest BCUT2D eigenvalue weighted by Gasteiger charge is 2.04. The topological polar surface area (TPSA) is 49.6 Å². The van der Waals surface area contributed by atoms with Gasteiger partial charge in [-0.2, -0.15) is 5.26 Å². The molecule has 0 atom stereocenters. The molecule has 1 aromatic carbocycles. The minimum atomic E-state index is 0.412. The first kappa shape index (κ1) is 12.3. The Bertz CT molecular complexity index is 580. The molecule has 0 saturated carbocycles. The van der Waals surface area contributed by atoms with E-state index in [1.165, 1.54) is 5.56 Å². The number of aryl methyl sites for hydroxylation is 2. The summed E-state index contributed by atoms with van der Waals surface area (Å²) in [4.78, 5) is 8.42. The van der Waals surface area contributed by atoms with Crippen LogP contribution in [-0.4, -0.2) is 9.97 Å². The summed E-state index contributed by atoms with van der Waals surface area (Å²) in [5.74, 6) is 0.627. The molecule has 0 spiro atoms. The average molecular weight is 237 g/mol. The number of hydrogen-bond acceptors (Lipinski definition) is 3. The predicted molar refractivity (Wildman–Crippen MR) is 70.9 cm³/mol. The average Bonchev–Trinajstić information content (AvgIpc) is 2.39. The van der Waals surface area contributed by atoms with Gasteiger partial charge in [0, 0.05) is 11.6 Å². The molecule has 0 fully saturated rings. The lowest BCUT2D eigenvalue weighted by molar-refractivity contribution is 0.922. The van der Waals surface area contributed by atoms with Gasteiger partial charge in [0.2, 0.25) is 0 Å². The Morgan fingerprint density at radius 1 is 1.17 bits per heavy atom. The van der Waals surface area contributed by atoms with E-state index >= 15 is 0 Å². The second kappa shape index (κ2) is 5.42. The summed E-state index contributed by atoms with van der Waals surface area (Å²) in [6, 6.07) is 12.1. The summed E-state index contributed by atoms with van der Waals surface area (Å²) < 4.78 is 0. The smallest absolute Gasteiger partial charge is 0.144 e. The van der Waals surface area contributed by atoms with Crippen LogP contribution in [0, 0.1) is 18.3 Å². The van der Waals surface area contributed by atoms with E-state index in [0.29, 0.717) is 11.5 Å². The summed E-state index contributed by atoms with van der Waals surface area (Å²) in [6.45, 7) is 3.97. The molecule has 0 N–H and O–H groups in total. The number of hydrogen-bond donors (Lipinski definition) is 0. The molecule has 2 rings (SSSR count). The van der Waals surface area contributed by atoms with Crippen LogP contribution in [0.15, 0.2) is 30.3 Å². The van der Waals surface area contributed by atoms with Crippen molar-refractivity contribution in [2.75, 3.05) is 0 Å². The third kappa shape index (κ3) is 2.72. The van der Waals surface area contributed by atoms with E-state index in [4.69, 9.17) is 5.26 Å². The summed E-state index contributed by atoms with van der Waals surface area (Å²) in [5.41, 5.74) is 3.57. The number of aromatic nitrogens is 2. The van der Waals surface area contributed by atoms with E-state index in [1.807, 2.05) is 12.1 Å². The van der Waals surface area contributed by atoms with E-state index in [-0.39, 0.29) is 0 Å². The summed E-state index contributed by atoms with van der Waals surface area (Å²) in [7, 11) is 0. The minimum absolute atomic E-state index is 0.412. The van der Waals surface area contributed by atoms with E-state index in [2.05, 4.69) is 35.1 Å². The van der Waals surface area contributed by atoms with Gasteiger partial charge in [-0.25, -0.2) is 9.97 Å². The van der Waals surface area contributed by atoms with E-state index in [9.17, 15) is 0 Å². The van der Waals surface area contributed by atoms with Crippen molar-refractivity contribution in [3.05, 3.63) is 47.4 Å². The van der Waals surface area contributed by atoms with E-state index in [0.717, 1.165) is 24.1 Å². The highest BCUT2D eigenvalue weighted by molar-refractivity contribution is 5.60. The molecule has 0 bridgehead atoms. The summed E-state index contributed by atoms with van der Waals surface area (Å²) in [5, 5.41) is 8.91. The lowest BCUT2D eigenvalue weighted by Crippen LogP contribution is -1.94. The molecule has 2 aromatic rings. The van der Waals surface area contributed by atoms with Crippen LogP contribution in [0.25, 0.3) is 11.3 Å². The van der Waals surface area contributed by atoms with Crippen LogP contribution in [0.3, 0.4) is 0 Å². The molecule has 0 unspecified atom stereocenters. The van der Waals surface area contributed by atoms with Crippen molar-refractivity contribution < 1.29 is 0 Å². The molecular formula is C15H15N3. The third-order valence-corrected chi connectivity index (χ3v) is 2.74. The SMILES string of the molecule is CCCc1ccc(-c2cc(C#N)nc(C)n2)cc1. The fraction of sp³-hybridized carbons (Fsp3) is 0.267. The number of benzene rings is 1. The second-order valence-corrected chi connectivity index (χ2v) is 4.24. The summed E-state index contributed by atoms with van der Waals surface area (Å²) in [6.07, 6.45) is 2.23. The van der Waals surface area contributed by atoms with Crippen molar-refractivity contribution in [3.8, 4) is 17.3 Å². The first-order valence-electron chi connectivity index (χ1n) is 6.08. The van der Waals surface area contributed by atoms with Crippen LogP contribution in [-0.2, 0) is 6.42 Å². The zero-order valence-electron chi connectivity index (χ0n) is 10.6. The van der Waals surface area contributed by atoms with Gasteiger partial charge in [-0.05, 0) is 18.9 Å². The highest BCUT2D eigenvalue weighted by Crippen LogP contribution is 2.19. The fourth-order valence-electron chi connectivity index (χ4n) is 1.90. The molecule has 90 valence electrons. The van der Waals surface area contributed by atoms with Gasteiger partial charge in [-0.1, -0.05) is 37.6 Å². The van der Waals surface area contributed by atoms with Crippen molar-refractivity contribution in [2.24, 2.45) is 0 Å². The number of nitrogens with zero attached hydrogens (tertiary/aromatic N) is 3. The maximum absolute atomic E-state index is 8.91. The van der Waals surface area contributed by atoms with Gasteiger partial charge >= 0.3 is 0 Å². The maximum atomic E-state index is 8.91. The highest BCUT2D eigenvalue weighted by atomic mass is 14.9. The van der Waals surface area contributed by atoms with Gasteiger partial charge in [-0.3, -0.25) is 0 Å². The van der Waals surface area contributed by atoms with Gasteiger partial charge in [0.15, 0.2) is 0 Å². The fourth-order valence-corrected chi connectivity index (χ4v) is 1.90. The van der Waals surface area contributed by atoms with Crippen molar-refractivity contribution >= 4 is 0 Å². The Morgan fingerprint density at radius 2 is 1.89 bits per heavy atom. The van der Waals surface area contributed by atoms with Gasteiger partial charge < -0.3 is 0 Å². The molecule has 0 aliphatic carbocycles. The van der Waals surface area contributed by atoms with Crippen molar-refractivity contribution in [2.45, 2.75) is 26.7 Å². The monoisotopic (exact) mass is 237 g/mol. The quantitative estimate of drug-likeness (QED) is 0.823. The molecule has 1 heterocycles. The van der Waals surface area contributed by atoms with Gasteiger partial charge in [0.25, 0.3) is 0 Å². The Hall–Kier alpha value is -2.21. The number of nitriles is 1. The maximum Gasteiger partial charge on any atom is 0.144 e. The molecule has 3 heteroatoms. The predicted octanol–water partition coefficient (Wildman–Crippen LogP) is 3.28. The van der Waals surface area contributed by atoms with E-state index in [1.54, 1.807) is 13.0 Å². The van der Waals surface area contributed by atoms with E-state index < -0.39 is 0 Å². The second-order valence-electron chi connectivity index (χ2n) is 4.24. The molecule has 0 radical (unpaired) electrons. The Balaban J connectivity index is 2.36. The lowest BCUT2D eigenvalue weighted by Gasteiger charge is -2.04. The zero-order valence-corrected chi connectivity index (χ0v) is 10.6.